The number of aryl methyl sites for hydroxylation is 1. The van der Waals surface area contributed by atoms with Crippen LogP contribution >= 0.6 is 23.2 Å². The van der Waals surface area contributed by atoms with Gasteiger partial charge in [0, 0.05) is 0 Å². The van der Waals surface area contributed by atoms with Gasteiger partial charge in [-0.1, -0.05) is 24.9 Å². The summed E-state index contributed by atoms with van der Waals surface area (Å²) in [6.07, 6.45) is 1.74. The van der Waals surface area contributed by atoms with Crippen molar-refractivity contribution in [3.63, 3.8) is 0 Å². The third-order valence-corrected chi connectivity index (χ3v) is 1.98. The smallest absolute Gasteiger partial charge is 0.224 e. The van der Waals surface area contributed by atoms with Crippen LogP contribution in [0.15, 0.2) is 0 Å². The van der Waals surface area contributed by atoms with Gasteiger partial charge in [0.1, 0.15) is 0 Å². The number of halogens is 2. The van der Waals surface area contributed by atoms with Crippen molar-refractivity contribution in [2.45, 2.75) is 19.8 Å². The molecular weight excluding hydrogens is 211 g/mol. The fourth-order valence-electron chi connectivity index (χ4n) is 1.05. The molecule has 0 fully saturated rings. The number of nitrogens with zero attached hydrogens (tertiary/aromatic N) is 2. The zero-order valence-corrected chi connectivity index (χ0v) is 8.98. The first-order valence-corrected chi connectivity index (χ1v) is 4.70. The van der Waals surface area contributed by atoms with Crippen molar-refractivity contribution in [3.05, 3.63) is 16.1 Å². The Kier molecular flexibility index (Phi) is 3.75. The van der Waals surface area contributed by atoms with Gasteiger partial charge in [-0.25, -0.2) is 9.97 Å². The molecule has 0 N–H and O–H groups in total. The number of hydrogen-bond donors (Lipinski definition) is 0. The molecule has 1 heterocycles. The standard InChI is InChI=1S/C8H10Cl2N2O/c1-3-4-5-6(13-2)7(9)12-8(10)11-5/h3-4H2,1-2H3. The lowest BCUT2D eigenvalue weighted by molar-refractivity contribution is 0.404. The molecule has 0 aliphatic rings. The summed E-state index contributed by atoms with van der Waals surface area (Å²) >= 11 is 11.5. The molecule has 1 aromatic heterocycles. The summed E-state index contributed by atoms with van der Waals surface area (Å²) in [5.41, 5.74) is 0.759. The molecule has 5 heteroatoms. The summed E-state index contributed by atoms with van der Waals surface area (Å²) in [5.74, 6) is 0.521. The minimum Gasteiger partial charge on any atom is -0.492 e. The Balaban J connectivity index is 3.13. The molecule has 0 spiro atoms. The maximum absolute atomic E-state index is 5.81. The van der Waals surface area contributed by atoms with Crippen LogP contribution in [-0.4, -0.2) is 17.1 Å². The lowest BCUT2D eigenvalue weighted by Gasteiger charge is -2.07. The van der Waals surface area contributed by atoms with Crippen LogP contribution in [-0.2, 0) is 6.42 Å². The van der Waals surface area contributed by atoms with E-state index < -0.39 is 0 Å². The second-order valence-electron chi connectivity index (χ2n) is 2.51. The van der Waals surface area contributed by atoms with E-state index in [0.29, 0.717) is 5.75 Å². The highest BCUT2D eigenvalue weighted by atomic mass is 35.5. The monoisotopic (exact) mass is 220 g/mol. The third kappa shape index (κ3) is 2.45. The summed E-state index contributed by atoms with van der Waals surface area (Å²) in [5, 5.41) is 0.431. The van der Waals surface area contributed by atoms with Crippen molar-refractivity contribution in [2.75, 3.05) is 7.11 Å². The molecule has 0 unspecified atom stereocenters. The number of aromatic nitrogens is 2. The maximum atomic E-state index is 5.81. The third-order valence-electron chi connectivity index (χ3n) is 1.56. The summed E-state index contributed by atoms with van der Waals surface area (Å²) in [7, 11) is 1.54. The van der Waals surface area contributed by atoms with Crippen LogP contribution in [0.3, 0.4) is 0 Å². The average Bonchev–Trinajstić information content (AvgIpc) is 2.04. The van der Waals surface area contributed by atoms with Crippen LogP contribution in [0, 0.1) is 0 Å². The van der Waals surface area contributed by atoms with Crippen molar-refractivity contribution in [1.29, 1.82) is 0 Å². The van der Waals surface area contributed by atoms with Crippen LogP contribution in [0.2, 0.25) is 10.4 Å². The van der Waals surface area contributed by atoms with Gasteiger partial charge in [0.05, 0.1) is 12.8 Å². The van der Waals surface area contributed by atoms with Crippen molar-refractivity contribution < 1.29 is 4.74 Å². The summed E-state index contributed by atoms with van der Waals surface area (Å²) in [4.78, 5) is 7.82. The normalized spacial score (nSPS) is 10.2. The predicted octanol–water partition coefficient (Wildman–Crippen LogP) is 2.74. The van der Waals surface area contributed by atoms with Gasteiger partial charge in [-0.05, 0) is 18.0 Å². The molecule has 0 bridgehead atoms. The van der Waals surface area contributed by atoms with Crippen molar-refractivity contribution in [3.8, 4) is 5.75 Å². The molecule has 0 aliphatic carbocycles. The molecule has 0 atom stereocenters. The van der Waals surface area contributed by atoms with E-state index in [4.69, 9.17) is 27.9 Å². The van der Waals surface area contributed by atoms with E-state index in [2.05, 4.69) is 9.97 Å². The summed E-state index contributed by atoms with van der Waals surface area (Å²) in [6.45, 7) is 2.04. The highest BCUT2D eigenvalue weighted by molar-refractivity contribution is 6.32. The molecule has 72 valence electrons. The maximum Gasteiger partial charge on any atom is 0.224 e. The molecule has 0 aromatic carbocycles. The van der Waals surface area contributed by atoms with Gasteiger partial charge in [-0.3, -0.25) is 0 Å². The van der Waals surface area contributed by atoms with E-state index in [1.54, 1.807) is 0 Å². The lowest BCUT2D eigenvalue weighted by atomic mass is 10.2. The van der Waals surface area contributed by atoms with Gasteiger partial charge in [-0.15, -0.1) is 0 Å². The van der Waals surface area contributed by atoms with Crippen molar-refractivity contribution in [2.24, 2.45) is 0 Å². The summed E-state index contributed by atoms with van der Waals surface area (Å²) in [6, 6.07) is 0. The average molecular weight is 221 g/mol. The highest BCUT2D eigenvalue weighted by Gasteiger charge is 2.11. The Bertz CT molecular complexity index is 304. The molecule has 1 rings (SSSR count). The van der Waals surface area contributed by atoms with Crippen molar-refractivity contribution in [1.82, 2.24) is 9.97 Å². The number of hydrogen-bond acceptors (Lipinski definition) is 3. The minimum atomic E-state index is 0.161. The molecule has 0 radical (unpaired) electrons. The Morgan fingerprint density at radius 1 is 1.31 bits per heavy atom. The second kappa shape index (κ2) is 4.63. The van der Waals surface area contributed by atoms with E-state index in [1.165, 1.54) is 7.11 Å². The Hall–Kier alpha value is -0.540. The van der Waals surface area contributed by atoms with Gasteiger partial charge in [0.25, 0.3) is 0 Å². The van der Waals surface area contributed by atoms with Crippen LogP contribution in [0.1, 0.15) is 19.0 Å². The molecule has 13 heavy (non-hydrogen) atoms. The largest absolute Gasteiger partial charge is 0.492 e. The van der Waals surface area contributed by atoms with Crippen LogP contribution in [0.25, 0.3) is 0 Å². The zero-order chi connectivity index (χ0) is 9.84. The minimum absolute atomic E-state index is 0.161. The van der Waals surface area contributed by atoms with Gasteiger partial charge >= 0.3 is 0 Å². The number of methoxy groups -OCH3 is 1. The van der Waals surface area contributed by atoms with E-state index in [0.717, 1.165) is 18.5 Å². The van der Waals surface area contributed by atoms with E-state index in [9.17, 15) is 0 Å². The lowest BCUT2D eigenvalue weighted by Crippen LogP contribution is -1.99. The molecule has 1 aromatic rings. The topological polar surface area (TPSA) is 35.0 Å². The van der Waals surface area contributed by atoms with Gasteiger partial charge in [0.15, 0.2) is 10.9 Å². The van der Waals surface area contributed by atoms with E-state index in [1.807, 2.05) is 6.92 Å². The molecule has 0 amide bonds. The van der Waals surface area contributed by atoms with Crippen LogP contribution in [0.5, 0.6) is 5.75 Å². The molecule has 0 saturated heterocycles. The first-order chi connectivity index (χ1) is 6.19. The van der Waals surface area contributed by atoms with Gasteiger partial charge in [0.2, 0.25) is 5.28 Å². The van der Waals surface area contributed by atoms with Gasteiger partial charge in [-0.2, -0.15) is 0 Å². The summed E-state index contributed by atoms with van der Waals surface area (Å²) < 4.78 is 5.07. The van der Waals surface area contributed by atoms with E-state index in [-0.39, 0.29) is 10.4 Å². The quantitative estimate of drug-likeness (QED) is 0.581. The van der Waals surface area contributed by atoms with Gasteiger partial charge < -0.3 is 4.74 Å². The van der Waals surface area contributed by atoms with Crippen LogP contribution in [0.4, 0.5) is 0 Å². The second-order valence-corrected chi connectivity index (χ2v) is 3.21. The number of ether oxygens (including phenoxy) is 1. The molecule has 0 saturated carbocycles. The first-order valence-electron chi connectivity index (χ1n) is 3.95. The Morgan fingerprint density at radius 2 is 2.00 bits per heavy atom. The predicted molar refractivity (Wildman–Crippen MR) is 52.6 cm³/mol. The Morgan fingerprint density at radius 3 is 2.54 bits per heavy atom. The zero-order valence-electron chi connectivity index (χ0n) is 7.47. The van der Waals surface area contributed by atoms with E-state index >= 15 is 0 Å². The first kappa shape index (κ1) is 10.5. The fourth-order valence-corrected chi connectivity index (χ4v) is 1.54. The molecule has 0 aliphatic heterocycles. The van der Waals surface area contributed by atoms with Crippen LogP contribution < -0.4 is 4.74 Å². The highest BCUT2D eigenvalue weighted by Crippen LogP contribution is 2.27. The number of rotatable bonds is 3. The SMILES string of the molecule is CCCc1nc(Cl)nc(Cl)c1OC. The fraction of sp³-hybridized carbons (Fsp3) is 0.500. The van der Waals surface area contributed by atoms with Crippen molar-refractivity contribution >= 4 is 23.2 Å². The molecular formula is C8H10Cl2N2O. The Labute approximate surface area is 87.1 Å². The molecule has 3 nitrogen and oxygen atoms in total.